The molecule has 0 aliphatic heterocycles. The van der Waals surface area contributed by atoms with Crippen molar-refractivity contribution in [2.45, 2.75) is 58.0 Å². The molecule has 0 spiro atoms. The number of hydrogen-bond donors (Lipinski definition) is 2. The number of rotatable bonds is 3. The van der Waals surface area contributed by atoms with Crippen LogP contribution in [-0.2, 0) is 9.59 Å². The maximum Gasteiger partial charge on any atom is 0.162 e. The van der Waals surface area contributed by atoms with Gasteiger partial charge in [-0.2, -0.15) is 0 Å². The number of aliphatic hydroxyl groups excluding tert-OH is 2. The molecule has 2 N–H and O–H groups in total. The van der Waals surface area contributed by atoms with Crippen molar-refractivity contribution in [1.29, 1.82) is 0 Å². The fourth-order valence-electron chi connectivity index (χ4n) is 7.41. The van der Waals surface area contributed by atoms with Crippen LogP contribution >= 0.6 is 0 Å². The normalized spacial score (nSPS) is 45.8. The predicted octanol–water partition coefficient (Wildman–Crippen LogP) is 2.99. The Hall–Kier alpha value is -1.48. The Kier molecular flexibility index (Phi) is 4.57. The van der Waals surface area contributed by atoms with Crippen LogP contribution in [0.4, 0.5) is 0 Å². The molecule has 0 bridgehead atoms. The van der Waals surface area contributed by atoms with Crippen LogP contribution in [-0.4, -0.2) is 34.5 Å². The van der Waals surface area contributed by atoms with E-state index in [1.807, 2.05) is 12.2 Å². The lowest BCUT2D eigenvalue weighted by molar-refractivity contribution is -0.141. The first-order chi connectivity index (χ1) is 12.9. The zero-order valence-electron chi connectivity index (χ0n) is 16.1. The van der Waals surface area contributed by atoms with Crippen molar-refractivity contribution in [3.05, 3.63) is 30.0 Å². The van der Waals surface area contributed by atoms with E-state index in [-0.39, 0.29) is 28.8 Å². The summed E-state index contributed by atoms with van der Waals surface area (Å²) in [6.07, 6.45) is 8.69. The molecule has 4 heteroatoms. The van der Waals surface area contributed by atoms with Gasteiger partial charge < -0.3 is 10.2 Å². The molecule has 0 aromatic carbocycles. The highest BCUT2D eigenvalue weighted by Crippen LogP contribution is 2.67. The quantitative estimate of drug-likeness (QED) is 0.749. The van der Waals surface area contributed by atoms with E-state index in [1.165, 1.54) is 5.57 Å². The zero-order chi connectivity index (χ0) is 19.4. The molecule has 27 heavy (non-hydrogen) atoms. The summed E-state index contributed by atoms with van der Waals surface area (Å²) < 4.78 is 0. The third-order valence-corrected chi connectivity index (χ3v) is 8.42. The van der Waals surface area contributed by atoms with Crippen LogP contribution in [0.5, 0.6) is 0 Å². The molecule has 0 amide bonds. The van der Waals surface area contributed by atoms with Crippen molar-refractivity contribution in [1.82, 2.24) is 0 Å². The van der Waals surface area contributed by atoms with Gasteiger partial charge in [-0.05, 0) is 73.8 Å². The van der Waals surface area contributed by atoms with E-state index in [0.29, 0.717) is 24.7 Å². The molecule has 0 saturated heterocycles. The first-order valence-corrected chi connectivity index (χ1v) is 10.3. The first kappa shape index (κ1) is 18.9. The van der Waals surface area contributed by atoms with Crippen LogP contribution in [0.3, 0.4) is 0 Å². The molecule has 146 valence electrons. The molecule has 7 atom stereocenters. The van der Waals surface area contributed by atoms with Gasteiger partial charge in [0.2, 0.25) is 0 Å². The van der Waals surface area contributed by atoms with Gasteiger partial charge in [-0.1, -0.05) is 19.1 Å². The highest BCUT2D eigenvalue weighted by molar-refractivity contribution is 5.91. The minimum Gasteiger partial charge on any atom is -0.393 e. The van der Waals surface area contributed by atoms with Crippen molar-refractivity contribution in [3.8, 4) is 0 Å². The van der Waals surface area contributed by atoms with Gasteiger partial charge in [-0.25, -0.2) is 0 Å². The van der Waals surface area contributed by atoms with Gasteiger partial charge in [-0.15, -0.1) is 5.73 Å². The largest absolute Gasteiger partial charge is 0.393 e. The number of ketones is 2. The maximum atomic E-state index is 12.5. The zero-order valence-corrected chi connectivity index (χ0v) is 16.1. The fourth-order valence-corrected chi connectivity index (χ4v) is 7.41. The summed E-state index contributed by atoms with van der Waals surface area (Å²) in [6, 6.07) is 0. The van der Waals surface area contributed by atoms with E-state index in [2.05, 4.69) is 19.2 Å². The number of fused-ring (bicyclic) bond motifs is 5. The smallest absolute Gasteiger partial charge is 0.162 e. The number of hydrogen-bond acceptors (Lipinski definition) is 4. The maximum absolute atomic E-state index is 12.5. The minimum atomic E-state index is -0.523. The lowest BCUT2D eigenvalue weighted by atomic mass is 9.45. The van der Waals surface area contributed by atoms with Gasteiger partial charge in [0.1, 0.15) is 6.61 Å². The molecular formula is C23H30O4. The van der Waals surface area contributed by atoms with Gasteiger partial charge in [-0.3, -0.25) is 9.59 Å². The Morgan fingerprint density at radius 2 is 2.15 bits per heavy atom. The second kappa shape index (κ2) is 6.55. The van der Waals surface area contributed by atoms with E-state index in [1.54, 1.807) is 0 Å². The Morgan fingerprint density at radius 1 is 1.37 bits per heavy atom. The SMILES string of the molecule is C=C=C[C@]12CC(O)[C@H]3[C@@H](CCC4=CC(=O)CC[C@@]43C)[C@@H]1CC[C@@H]2C(=O)CO. The van der Waals surface area contributed by atoms with E-state index in [0.717, 1.165) is 32.1 Å². The summed E-state index contributed by atoms with van der Waals surface area (Å²) >= 11 is 0. The molecule has 4 aliphatic rings. The van der Waals surface area contributed by atoms with Crippen molar-refractivity contribution in [2.75, 3.05) is 6.61 Å². The monoisotopic (exact) mass is 370 g/mol. The van der Waals surface area contributed by atoms with Crippen LogP contribution in [0.25, 0.3) is 0 Å². The third kappa shape index (κ3) is 2.57. The third-order valence-electron chi connectivity index (χ3n) is 8.42. The van der Waals surface area contributed by atoms with E-state index in [9.17, 15) is 19.8 Å². The first-order valence-electron chi connectivity index (χ1n) is 10.3. The molecule has 3 fully saturated rings. The number of carbonyl (C=O) groups is 2. The van der Waals surface area contributed by atoms with Gasteiger partial charge in [0, 0.05) is 17.8 Å². The standard InChI is InChI=1S/C23H30O4/c1-3-9-23-12-19(26)21-16(17(23)6-7-18(23)20(27)13-24)5-4-14-11-15(25)8-10-22(14,21)2/h9,11,16-19,21,24,26H,1,4-8,10,12-13H2,2H3/t16-,17-,18+,19?,21+,22-,23-/m0/s1. The van der Waals surface area contributed by atoms with Crippen molar-refractivity contribution >= 4 is 11.6 Å². The molecule has 0 heterocycles. The Labute approximate surface area is 161 Å². The topological polar surface area (TPSA) is 74.6 Å². The molecule has 4 rings (SSSR count). The van der Waals surface area contributed by atoms with Gasteiger partial charge in [0.15, 0.2) is 11.6 Å². The van der Waals surface area contributed by atoms with Gasteiger partial charge in [0.25, 0.3) is 0 Å². The van der Waals surface area contributed by atoms with Crippen LogP contribution in [0.15, 0.2) is 30.0 Å². The lowest BCUT2D eigenvalue weighted by Crippen LogP contribution is -2.57. The molecule has 3 saturated carbocycles. The van der Waals surface area contributed by atoms with E-state index >= 15 is 0 Å². The van der Waals surface area contributed by atoms with Crippen molar-refractivity contribution in [3.63, 3.8) is 0 Å². The highest BCUT2D eigenvalue weighted by atomic mass is 16.3. The molecule has 1 unspecified atom stereocenters. The molecule has 0 radical (unpaired) electrons. The molecular weight excluding hydrogens is 340 g/mol. The lowest BCUT2D eigenvalue weighted by Gasteiger charge is -2.59. The molecule has 0 aromatic heterocycles. The van der Waals surface area contributed by atoms with Crippen molar-refractivity contribution in [2.24, 2.45) is 34.5 Å². The fraction of sp³-hybridized carbons (Fsp3) is 0.696. The van der Waals surface area contributed by atoms with Crippen LogP contribution in [0.2, 0.25) is 0 Å². The van der Waals surface area contributed by atoms with Crippen LogP contribution in [0.1, 0.15) is 51.9 Å². The molecule has 4 nitrogen and oxygen atoms in total. The minimum absolute atomic E-state index is 0.125. The Bertz CT molecular complexity index is 745. The Morgan fingerprint density at radius 3 is 2.85 bits per heavy atom. The number of allylic oxidation sites excluding steroid dienone is 2. The predicted molar refractivity (Wildman–Crippen MR) is 102 cm³/mol. The van der Waals surface area contributed by atoms with Crippen LogP contribution in [0, 0.1) is 34.5 Å². The summed E-state index contributed by atoms with van der Waals surface area (Å²) in [5.41, 5.74) is 3.57. The average Bonchev–Trinajstić information content (AvgIpc) is 3.00. The second-order valence-electron chi connectivity index (χ2n) is 9.37. The molecule has 0 aromatic rings. The summed E-state index contributed by atoms with van der Waals surface area (Å²) in [4.78, 5) is 24.4. The number of aliphatic hydroxyl groups is 2. The highest BCUT2D eigenvalue weighted by Gasteiger charge is 2.63. The van der Waals surface area contributed by atoms with Gasteiger partial charge in [0.05, 0.1) is 6.10 Å². The second-order valence-corrected chi connectivity index (χ2v) is 9.37. The van der Waals surface area contributed by atoms with E-state index in [4.69, 9.17) is 0 Å². The summed E-state index contributed by atoms with van der Waals surface area (Å²) in [5.74, 6) is 0.590. The molecule has 4 aliphatic carbocycles. The Balaban J connectivity index is 1.76. The summed E-state index contributed by atoms with van der Waals surface area (Å²) in [6.45, 7) is 5.55. The summed E-state index contributed by atoms with van der Waals surface area (Å²) in [7, 11) is 0. The van der Waals surface area contributed by atoms with Crippen molar-refractivity contribution < 1.29 is 19.8 Å². The number of Topliss-reactive ketones (excluding diaryl/α,β-unsaturated/α-hetero) is 1. The van der Waals surface area contributed by atoms with E-state index < -0.39 is 18.1 Å². The average molecular weight is 370 g/mol. The van der Waals surface area contributed by atoms with Crippen LogP contribution < -0.4 is 0 Å². The van der Waals surface area contributed by atoms with Gasteiger partial charge >= 0.3 is 0 Å². The summed E-state index contributed by atoms with van der Waals surface area (Å²) in [5, 5.41) is 20.8. The number of carbonyl (C=O) groups excluding carboxylic acids is 2.